The van der Waals surface area contributed by atoms with E-state index in [1.54, 1.807) is 30.4 Å². The number of hydroxylamine groups is 1. The molecule has 3 saturated heterocycles. The minimum Gasteiger partial charge on any atom is -0.494 e. The second kappa shape index (κ2) is 14.3. The van der Waals surface area contributed by atoms with Crippen molar-refractivity contribution in [1.29, 1.82) is 0 Å². The predicted molar refractivity (Wildman–Crippen MR) is 186 cm³/mol. The lowest BCUT2D eigenvalue weighted by atomic mass is 10.0. The second-order valence-electron chi connectivity index (χ2n) is 12.8. The number of amides is 1. The first-order chi connectivity index (χ1) is 23.4. The van der Waals surface area contributed by atoms with Gasteiger partial charge in [-0.2, -0.15) is 0 Å². The number of hydrogen-bond acceptors (Lipinski definition) is 10. The minimum atomic E-state index is -0.479. The molecular weight excluding hydrogens is 635 g/mol. The number of piperazine rings is 1. The molecule has 4 heterocycles. The van der Waals surface area contributed by atoms with Gasteiger partial charge in [-0.15, -0.1) is 0 Å². The fourth-order valence-electron chi connectivity index (χ4n) is 7.15. The van der Waals surface area contributed by atoms with Crippen molar-refractivity contribution in [3.05, 3.63) is 71.8 Å². The summed E-state index contributed by atoms with van der Waals surface area (Å²) >= 11 is 5.92. The SMILES string of the molecule is C=CC(=O)Nc1cc(Nc2cc(N3OCCC3c3ccc(Cl)c(F)c3)ncn2)c(OC)cc1N1CCC(N2CCN(C3CC3)CC2)CC1. The Morgan fingerprint density at radius 3 is 2.38 bits per heavy atom. The number of ether oxygens (including phenoxy) is 1. The highest BCUT2D eigenvalue weighted by atomic mass is 35.5. The highest BCUT2D eigenvalue weighted by molar-refractivity contribution is 6.30. The molecule has 3 aromatic rings. The molecule has 1 aliphatic carbocycles. The largest absolute Gasteiger partial charge is 0.494 e. The molecule has 1 amide bonds. The summed E-state index contributed by atoms with van der Waals surface area (Å²) < 4.78 is 20.1. The fraction of sp³-hybridized carbons (Fsp3) is 0.457. The smallest absolute Gasteiger partial charge is 0.247 e. The molecule has 7 rings (SSSR count). The van der Waals surface area contributed by atoms with Crippen molar-refractivity contribution in [2.75, 3.05) is 73.6 Å². The molecule has 0 radical (unpaired) electrons. The number of nitrogens with zero attached hydrogens (tertiary/aromatic N) is 6. The third-order valence-corrected chi connectivity index (χ3v) is 10.2. The summed E-state index contributed by atoms with van der Waals surface area (Å²) in [6, 6.07) is 11.5. The zero-order valence-corrected chi connectivity index (χ0v) is 28.0. The number of methoxy groups -OCH3 is 1. The summed E-state index contributed by atoms with van der Waals surface area (Å²) in [7, 11) is 1.62. The number of halogens is 2. The van der Waals surface area contributed by atoms with Crippen LogP contribution in [-0.4, -0.2) is 90.7 Å². The van der Waals surface area contributed by atoms with Crippen LogP contribution >= 0.6 is 11.6 Å². The minimum absolute atomic E-state index is 0.0727. The van der Waals surface area contributed by atoms with E-state index in [0.29, 0.717) is 47.8 Å². The maximum absolute atomic E-state index is 14.3. The Hall–Kier alpha value is -3.97. The van der Waals surface area contributed by atoms with E-state index in [9.17, 15) is 9.18 Å². The number of rotatable bonds is 10. The number of aromatic nitrogens is 2. The van der Waals surface area contributed by atoms with Gasteiger partial charge in [-0.3, -0.25) is 19.4 Å². The quantitative estimate of drug-likeness (QED) is 0.257. The van der Waals surface area contributed by atoms with E-state index in [0.717, 1.165) is 56.3 Å². The van der Waals surface area contributed by atoms with Gasteiger partial charge in [0.2, 0.25) is 5.91 Å². The first kappa shape index (κ1) is 32.6. The Bertz CT molecular complexity index is 1640. The molecule has 4 aliphatic rings. The van der Waals surface area contributed by atoms with Gasteiger partial charge in [-0.25, -0.2) is 19.4 Å². The average Bonchev–Trinajstić information content (AvgIpc) is 3.85. The maximum atomic E-state index is 14.3. The van der Waals surface area contributed by atoms with Gasteiger partial charge in [-0.05, 0) is 55.5 Å². The van der Waals surface area contributed by atoms with E-state index < -0.39 is 5.82 Å². The molecule has 1 unspecified atom stereocenters. The zero-order valence-electron chi connectivity index (χ0n) is 27.2. The number of benzene rings is 2. The third kappa shape index (κ3) is 7.07. The average molecular weight is 677 g/mol. The molecule has 0 spiro atoms. The highest BCUT2D eigenvalue weighted by Gasteiger charge is 2.34. The molecule has 1 saturated carbocycles. The molecule has 2 N–H and O–H groups in total. The Kier molecular flexibility index (Phi) is 9.67. The number of carbonyl (C=O) groups is 1. The molecule has 48 heavy (non-hydrogen) atoms. The first-order valence-electron chi connectivity index (χ1n) is 16.7. The number of anilines is 5. The molecule has 1 aromatic heterocycles. The number of carbonyl (C=O) groups excluding carboxylic acids is 1. The molecule has 0 bridgehead atoms. The van der Waals surface area contributed by atoms with Crippen LogP contribution in [0.15, 0.2) is 55.4 Å². The predicted octanol–water partition coefficient (Wildman–Crippen LogP) is 5.78. The molecule has 1 atom stereocenters. The zero-order chi connectivity index (χ0) is 33.2. The summed E-state index contributed by atoms with van der Waals surface area (Å²) in [4.78, 5) is 35.0. The number of piperidine rings is 1. The summed E-state index contributed by atoms with van der Waals surface area (Å²) in [6.45, 7) is 10.5. The molecule has 13 heteroatoms. The Balaban J connectivity index is 1.08. The van der Waals surface area contributed by atoms with Gasteiger partial charge in [0.15, 0.2) is 5.82 Å². The van der Waals surface area contributed by atoms with Gasteiger partial charge in [0.25, 0.3) is 0 Å². The van der Waals surface area contributed by atoms with Crippen molar-refractivity contribution in [2.24, 2.45) is 0 Å². The van der Waals surface area contributed by atoms with Gasteiger partial charge >= 0.3 is 0 Å². The third-order valence-electron chi connectivity index (χ3n) is 9.87. The maximum Gasteiger partial charge on any atom is 0.247 e. The Morgan fingerprint density at radius 2 is 1.71 bits per heavy atom. The standard InChI is InChI=1S/C35H42ClFN8O3/c1-3-35(46)41-28-19-29(40-33-21-34(39-22-38-33)45-30(10-17-48-45)23-4-7-26(36)27(37)18-23)32(47-2)20-31(28)44-11-8-25(9-12-44)43-15-13-42(14-16-43)24-5-6-24/h3-4,7,18-22,24-25,30H,1,5-6,8-17H2,2H3,(H,41,46)(H,38,39,40). The molecule has 11 nitrogen and oxygen atoms in total. The van der Waals surface area contributed by atoms with Crippen LogP contribution in [0.25, 0.3) is 0 Å². The molecule has 4 fully saturated rings. The van der Waals surface area contributed by atoms with Gasteiger partial charge in [-0.1, -0.05) is 24.2 Å². The van der Waals surface area contributed by atoms with Crippen LogP contribution in [0.5, 0.6) is 5.75 Å². The van der Waals surface area contributed by atoms with Crippen molar-refractivity contribution in [1.82, 2.24) is 19.8 Å². The lowest BCUT2D eigenvalue weighted by Crippen LogP contribution is -2.53. The van der Waals surface area contributed by atoms with Crippen molar-refractivity contribution in [2.45, 2.75) is 50.2 Å². The Morgan fingerprint density at radius 1 is 0.979 bits per heavy atom. The molecule has 3 aliphatic heterocycles. The Labute approximate surface area is 285 Å². The summed E-state index contributed by atoms with van der Waals surface area (Å²) in [5.41, 5.74) is 2.91. The molecule has 2 aromatic carbocycles. The summed E-state index contributed by atoms with van der Waals surface area (Å²) in [5, 5.41) is 8.09. The van der Waals surface area contributed by atoms with Crippen LogP contribution in [-0.2, 0) is 9.63 Å². The van der Waals surface area contributed by atoms with Crippen LogP contribution in [0.1, 0.15) is 43.7 Å². The van der Waals surface area contributed by atoms with Crippen molar-refractivity contribution < 1.29 is 18.8 Å². The van der Waals surface area contributed by atoms with E-state index >= 15 is 0 Å². The summed E-state index contributed by atoms with van der Waals surface area (Å²) in [5.74, 6) is 0.833. The molecular formula is C35H42ClFN8O3. The van der Waals surface area contributed by atoms with Crippen LogP contribution in [0.2, 0.25) is 5.02 Å². The monoisotopic (exact) mass is 676 g/mol. The van der Waals surface area contributed by atoms with E-state index in [2.05, 4.69) is 41.9 Å². The van der Waals surface area contributed by atoms with E-state index in [4.69, 9.17) is 21.2 Å². The summed E-state index contributed by atoms with van der Waals surface area (Å²) in [6.07, 6.45) is 8.22. The molecule has 254 valence electrons. The topological polar surface area (TPSA) is 98.3 Å². The fourth-order valence-corrected chi connectivity index (χ4v) is 7.27. The van der Waals surface area contributed by atoms with Crippen LogP contribution in [0, 0.1) is 5.82 Å². The number of nitrogens with one attached hydrogen (secondary N) is 2. The van der Waals surface area contributed by atoms with Crippen molar-refractivity contribution in [3.63, 3.8) is 0 Å². The lowest BCUT2D eigenvalue weighted by molar-refractivity contribution is -0.111. The van der Waals surface area contributed by atoms with Crippen LogP contribution < -0.4 is 25.3 Å². The first-order valence-corrected chi connectivity index (χ1v) is 17.1. The van der Waals surface area contributed by atoms with Gasteiger partial charge < -0.3 is 20.3 Å². The van der Waals surface area contributed by atoms with E-state index in [-0.39, 0.29) is 17.0 Å². The van der Waals surface area contributed by atoms with Gasteiger partial charge in [0.05, 0.1) is 41.8 Å². The second-order valence-corrected chi connectivity index (χ2v) is 13.2. The van der Waals surface area contributed by atoms with Crippen LogP contribution in [0.4, 0.5) is 33.1 Å². The highest BCUT2D eigenvalue weighted by Crippen LogP contribution is 2.41. The normalized spacial score (nSPS) is 20.9. The van der Waals surface area contributed by atoms with Crippen LogP contribution in [0.3, 0.4) is 0 Å². The van der Waals surface area contributed by atoms with E-state index in [1.807, 2.05) is 12.1 Å². The van der Waals surface area contributed by atoms with Gasteiger partial charge in [0.1, 0.15) is 23.7 Å². The van der Waals surface area contributed by atoms with Crippen molar-refractivity contribution in [3.8, 4) is 5.75 Å². The van der Waals surface area contributed by atoms with Gasteiger partial charge in [0, 0.05) is 69.9 Å². The van der Waals surface area contributed by atoms with E-state index in [1.165, 1.54) is 44.4 Å². The van der Waals surface area contributed by atoms with Crippen molar-refractivity contribution >= 4 is 46.2 Å². The lowest BCUT2D eigenvalue weighted by Gasteiger charge is -2.43. The number of hydrogen-bond donors (Lipinski definition) is 2.